The SMILES string of the molecule is O=C(c1c(O)cccc1O)N1CC(Oc2ccccc2F)C1. The molecule has 0 unspecified atom stereocenters. The lowest BCUT2D eigenvalue weighted by Crippen LogP contribution is -2.56. The van der Waals surface area contributed by atoms with E-state index in [9.17, 15) is 19.4 Å². The highest BCUT2D eigenvalue weighted by Crippen LogP contribution is 2.30. The lowest BCUT2D eigenvalue weighted by molar-refractivity contribution is 0.0159. The molecule has 0 aliphatic carbocycles. The molecule has 0 bridgehead atoms. The molecule has 0 aromatic heterocycles. The Kier molecular flexibility index (Phi) is 3.58. The molecular formula is C16H14FNO4. The van der Waals surface area contributed by atoms with Gasteiger partial charge in [-0.2, -0.15) is 0 Å². The molecule has 2 aromatic carbocycles. The number of benzene rings is 2. The molecule has 0 atom stereocenters. The van der Waals surface area contributed by atoms with E-state index in [1.807, 2.05) is 0 Å². The van der Waals surface area contributed by atoms with Crippen LogP contribution in [0.25, 0.3) is 0 Å². The average Bonchev–Trinajstić information content (AvgIpc) is 2.43. The number of hydrogen-bond acceptors (Lipinski definition) is 4. The number of likely N-dealkylation sites (tertiary alicyclic amines) is 1. The number of hydrogen-bond donors (Lipinski definition) is 2. The Morgan fingerprint density at radius 1 is 1.09 bits per heavy atom. The molecule has 114 valence electrons. The number of phenols is 2. The van der Waals surface area contributed by atoms with Crippen molar-refractivity contribution in [2.24, 2.45) is 0 Å². The van der Waals surface area contributed by atoms with Crippen molar-refractivity contribution in [3.05, 3.63) is 53.8 Å². The first-order valence-corrected chi connectivity index (χ1v) is 6.77. The Morgan fingerprint density at radius 2 is 1.73 bits per heavy atom. The van der Waals surface area contributed by atoms with Gasteiger partial charge in [0.25, 0.3) is 5.91 Å². The van der Waals surface area contributed by atoms with Crippen LogP contribution in [0.3, 0.4) is 0 Å². The van der Waals surface area contributed by atoms with Gasteiger partial charge in [0, 0.05) is 0 Å². The molecule has 0 spiro atoms. The van der Waals surface area contributed by atoms with Crippen molar-refractivity contribution in [2.75, 3.05) is 13.1 Å². The zero-order valence-corrected chi connectivity index (χ0v) is 11.6. The number of halogens is 1. The van der Waals surface area contributed by atoms with E-state index in [1.165, 1.54) is 35.2 Å². The van der Waals surface area contributed by atoms with Gasteiger partial charge in [-0.05, 0) is 24.3 Å². The number of ether oxygens (including phenoxy) is 1. The van der Waals surface area contributed by atoms with Crippen LogP contribution in [0.15, 0.2) is 42.5 Å². The van der Waals surface area contributed by atoms with E-state index in [0.29, 0.717) is 0 Å². The second-order valence-electron chi connectivity index (χ2n) is 5.05. The Hall–Kier alpha value is -2.76. The minimum absolute atomic E-state index is 0.133. The van der Waals surface area contributed by atoms with E-state index in [2.05, 4.69) is 0 Å². The highest BCUT2D eigenvalue weighted by atomic mass is 19.1. The zero-order valence-electron chi connectivity index (χ0n) is 11.6. The molecule has 1 amide bonds. The number of carbonyl (C=O) groups is 1. The summed E-state index contributed by atoms with van der Waals surface area (Å²) in [6, 6.07) is 10.2. The maximum atomic E-state index is 13.5. The number of carbonyl (C=O) groups excluding carboxylic acids is 1. The fraction of sp³-hybridized carbons (Fsp3) is 0.188. The van der Waals surface area contributed by atoms with Gasteiger partial charge in [0.1, 0.15) is 23.2 Å². The predicted octanol–water partition coefficient (Wildman–Crippen LogP) is 2.14. The van der Waals surface area contributed by atoms with Crippen LogP contribution in [0.1, 0.15) is 10.4 Å². The summed E-state index contributed by atoms with van der Waals surface area (Å²) < 4.78 is 18.9. The van der Waals surface area contributed by atoms with Crippen molar-refractivity contribution in [2.45, 2.75) is 6.10 Å². The summed E-state index contributed by atoms with van der Waals surface area (Å²) in [4.78, 5) is 13.6. The molecule has 2 aromatic rings. The smallest absolute Gasteiger partial charge is 0.261 e. The van der Waals surface area contributed by atoms with Gasteiger partial charge >= 0.3 is 0 Å². The summed E-state index contributed by atoms with van der Waals surface area (Å²) in [6.45, 7) is 0.530. The first-order chi connectivity index (χ1) is 10.6. The van der Waals surface area contributed by atoms with Crippen molar-refractivity contribution < 1.29 is 24.1 Å². The maximum absolute atomic E-state index is 13.5. The quantitative estimate of drug-likeness (QED) is 0.911. The van der Waals surface area contributed by atoms with Gasteiger partial charge in [-0.25, -0.2) is 4.39 Å². The third kappa shape index (κ3) is 2.55. The molecule has 1 fully saturated rings. The first kappa shape index (κ1) is 14.2. The molecule has 1 heterocycles. The highest BCUT2D eigenvalue weighted by Gasteiger charge is 2.35. The third-order valence-electron chi connectivity index (χ3n) is 3.50. The van der Waals surface area contributed by atoms with Gasteiger partial charge in [-0.1, -0.05) is 18.2 Å². The van der Waals surface area contributed by atoms with Crippen LogP contribution in [-0.2, 0) is 0 Å². The minimum Gasteiger partial charge on any atom is -0.507 e. The Morgan fingerprint density at radius 3 is 2.36 bits per heavy atom. The normalized spacial score (nSPS) is 14.5. The lowest BCUT2D eigenvalue weighted by Gasteiger charge is -2.39. The highest BCUT2D eigenvalue weighted by molar-refractivity contribution is 5.99. The van der Waals surface area contributed by atoms with Gasteiger partial charge in [0.15, 0.2) is 11.6 Å². The monoisotopic (exact) mass is 303 g/mol. The molecule has 6 heteroatoms. The largest absolute Gasteiger partial charge is 0.507 e. The Balaban J connectivity index is 1.64. The van der Waals surface area contributed by atoms with E-state index < -0.39 is 11.7 Å². The molecule has 1 aliphatic heterocycles. The van der Waals surface area contributed by atoms with Gasteiger partial charge in [-0.3, -0.25) is 4.79 Å². The van der Waals surface area contributed by atoms with E-state index in [1.54, 1.807) is 12.1 Å². The zero-order chi connectivity index (χ0) is 15.7. The molecule has 0 saturated carbocycles. The first-order valence-electron chi connectivity index (χ1n) is 6.77. The van der Waals surface area contributed by atoms with Crippen LogP contribution < -0.4 is 4.74 Å². The summed E-state index contributed by atoms with van der Waals surface area (Å²) in [6.07, 6.45) is -0.311. The molecule has 22 heavy (non-hydrogen) atoms. The van der Waals surface area contributed by atoms with E-state index >= 15 is 0 Å². The number of amides is 1. The average molecular weight is 303 g/mol. The third-order valence-corrected chi connectivity index (χ3v) is 3.50. The van der Waals surface area contributed by atoms with Crippen LogP contribution in [-0.4, -0.2) is 40.2 Å². The Labute approximate surface area is 126 Å². The fourth-order valence-electron chi connectivity index (χ4n) is 2.30. The van der Waals surface area contributed by atoms with Gasteiger partial charge in [-0.15, -0.1) is 0 Å². The fourth-order valence-corrected chi connectivity index (χ4v) is 2.30. The van der Waals surface area contributed by atoms with Crippen molar-refractivity contribution in [3.63, 3.8) is 0 Å². The summed E-state index contributed by atoms with van der Waals surface area (Å²) in [5.74, 6) is -1.34. The van der Waals surface area contributed by atoms with E-state index in [-0.39, 0.29) is 42.0 Å². The summed E-state index contributed by atoms with van der Waals surface area (Å²) in [7, 11) is 0. The second-order valence-corrected chi connectivity index (χ2v) is 5.05. The van der Waals surface area contributed by atoms with Gasteiger partial charge < -0.3 is 19.8 Å². The number of aromatic hydroxyl groups is 2. The summed E-state index contributed by atoms with van der Waals surface area (Å²) >= 11 is 0. The van der Waals surface area contributed by atoms with Gasteiger partial charge in [0.05, 0.1) is 13.1 Å². The van der Waals surface area contributed by atoms with Crippen LogP contribution in [0.5, 0.6) is 17.2 Å². The standard InChI is InChI=1S/C16H14FNO4/c17-11-4-1-2-7-14(11)22-10-8-18(9-10)16(21)15-12(19)5-3-6-13(15)20/h1-7,10,19-20H,8-9H2. The number of para-hydroxylation sites is 1. The number of nitrogens with zero attached hydrogens (tertiary/aromatic N) is 1. The second kappa shape index (κ2) is 5.55. The van der Waals surface area contributed by atoms with E-state index in [0.717, 1.165) is 0 Å². The van der Waals surface area contributed by atoms with Crippen molar-refractivity contribution >= 4 is 5.91 Å². The lowest BCUT2D eigenvalue weighted by atomic mass is 10.1. The summed E-state index contributed by atoms with van der Waals surface area (Å²) in [5.41, 5.74) is -0.133. The van der Waals surface area contributed by atoms with E-state index in [4.69, 9.17) is 4.74 Å². The van der Waals surface area contributed by atoms with Crippen molar-refractivity contribution in [3.8, 4) is 17.2 Å². The van der Waals surface area contributed by atoms with Crippen LogP contribution >= 0.6 is 0 Å². The van der Waals surface area contributed by atoms with Gasteiger partial charge in [0.2, 0.25) is 0 Å². The topological polar surface area (TPSA) is 70.0 Å². The molecule has 2 N–H and O–H groups in total. The maximum Gasteiger partial charge on any atom is 0.261 e. The Bertz CT molecular complexity index is 693. The molecular weight excluding hydrogens is 289 g/mol. The van der Waals surface area contributed by atoms with Crippen molar-refractivity contribution in [1.82, 2.24) is 4.90 Å². The number of rotatable bonds is 3. The van der Waals surface area contributed by atoms with Crippen LogP contribution in [0.2, 0.25) is 0 Å². The molecule has 5 nitrogen and oxygen atoms in total. The number of phenolic OH excluding ortho intramolecular Hbond substituents is 2. The minimum atomic E-state index is -0.482. The van der Waals surface area contributed by atoms with Crippen LogP contribution in [0, 0.1) is 5.82 Å². The molecule has 1 aliphatic rings. The van der Waals surface area contributed by atoms with Crippen LogP contribution in [0.4, 0.5) is 4.39 Å². The van der Waals surface area contributed by atoms with Crippen molar-refractivity contribution in [1.29, 1.82) is 0 Å². The molecule has 0 radical (unpaired) electrons. The molecule has 3 rings (SSSR count). The predicted molar refractivity (Wildman–Crippen MR) is 76.5 cm³/mol. The summed E-state index contributed by atoms with van der Waals surface area (Å²) in [5, 5.41) is 19.4. The molecule has 1 saturated heterocycles.